The number of hydrogen-bond donors (Lipinski definition) is 1. The summed E-state index contributed by atoms with van der Waals surface area (Å²) in [6, 6.07) is 7.38. The first-order valence-corrected chi connectivity index (χ1v) is 12.0. The SMILES string of the molecule is CC.COc1ccc2c(c1)C(=O)N(c1nc(C(=O)Nc3cnccc3N3CCCC3)cs1)C2. The Morgan fingerprint density at radius 2 is 1.97 bits per heavy atom. The fraction of sp³-hybridized carbons (Fsp3) is 0.333. The van der Waals surface area contributed by atoms with E-state index < -0.39 is 0 Å². The van der Waals surface area contributed by atoms with Gasteiger partial charge in [-0.1, -0.05) is 19.9 Å². The van der Waals surface area contributed by atoms with E-state index in [0.29, 0.717) is 28.7 Å². The highest BCUT2D eigenvalue weighted by Gasteiger charge is 2.31. The average Bonchev–Trinajstić information content (AvgIpc) is 3.61. The summed E-state index contributed by atoms with van der Waals surface area (Å²) in [5, 5.41) is 5.10. The van der Waals surface area contributed by atoms with E-state index in [9.17, 15) is 9.59 Å². The molecule has 172 valence electrons. The minimum Gasteiger partial charge on any atom is -0.497 e. The van der Waals surface area contributed by atoms with Crippen LogP contribution in [-0.2, 0) is 6.54 Å². The highest BCUT2D eigenvalue weighted by molar-refractivity contribution is 7.14. The number of rotatable bonds is 5. The van der Waals surface area contributed by atoms with Gasteiger partial charge in [0.15, 0.2) is 5.13 Å². The lowest BCUT2D eigenvalue weighted by molar-refractivity contribution is 0.0991. The largest absolute Gasteiger partial charge is 0.497 e. The Hall–Kier alpha value is -3.46. The fourth-order valence-electron chi connectivity index (χ4n) is 3.96. The Morgan fingerprint density at radius 1 is 1.18 bits per heavy atom. The van der Waals surface area contributed by atoms with Crippen molar-refractivity contribution in [2.75, 3.05) is 35.3 Å². The molecule has 0 spiro atoms. The molecule has 4 heterocycles. The second-order valence-corrected chi connectivity index (χ2v) is 8.31. The van der Waals surface area contributed by atoms with Crippen LogP contribution in [0, 0.1) is 0 Å². The zero-order chi connectivity index (χ0) is 23.4. The predicted octanol–water partition coefficient (Wildman–Crippen LogP) is 4.59. The maximum atomic E-state index is 12.9. The van der Waals surface area contributed by atoms with Gasteiger partial charge < -0.3 is 15.0 Å². The number of pyridine rings is 1. The van der Waals surface area contributed by atoms with Crippen LogP contribution in [0.5, 0.6) is 5.75 Å². The number of methoxy groups -OCH3 is 1. The summed E-state index contributed by atoms with van der Waals surface area (Å²) in [6.07, 6.45) is 5.68. The third kappa shape index (κ3) is 4.54. The number of anilines is 3. The van der Waals surface area contributed by atoms with Gasteiger partial charge in [0, 0.05) is 30.2 Å². The number of thiazole rings is 1. The number of benzene rings is 1. The van der Waals surface area contributed by atoms with Crippen molar-refractivity contribution in [2.24, 2.45) is 0 Å². The number of carbonyl (C=O) groups excluding carboxylic acids is 2. The number of carbonyl (C=O) groups is 2. The molecule has 1 N–H and O–H groups in total. The molecule has 0 saturated carbocycles. The molecule has 3 aromatic rings. The quantitative estimate of drug-likeness (QED) is 0.593. The van der Waals surface area contributed by atoms with Crippen LogP contribution in [0.1, 0.15) is 53.1 Å². The lowest BCUT2D eigenvalue weighted by Crippen LogP contribution is -2.23. The topological polar surface area (TPSA) is 87.7 Å². The Bertz CT molecular complexity index is 1160. The van der Waals surface area contributed by atoms with Crippen LogP contribution in [0.2, 0.25) is 0 Å². The molecule has 1 fully saturated rings. The number of nitrogens with one attached hydrogen (secondary N) is 1. The van der Waals surface area contributed by atoms with Gasteiger partial charge >= 0.3 is 0 Å². The van der Waals surface area contributed by atoms with E-state index in [0.717, 1.165) is 37.2 Å². The summed E-state index contributed by atoms with van der Waals surface area (Å²) in [5.41, 5.74) is 3.43. The van der Waals surface area contributed by atoms with Crippen molar-refractivity contribution in [1.29, 1.82) is 0 Å². The van der Waals surface area contributed by atoms with E-state index in [1.54, 1.807) is 35.8 Å². The molecule has 0 unspecified atom stereocenters. The fourth-order valence-corrected chi connectivity index (χ4v) is 4.76. The second-order valence-electron chi connectivity index (χ2n) is 7.47. The average molecular weight is 466 g/mol. The van der Waals surface area contributed by atoms with Crippen molar-refractivity contribution < 1.29 is 14.3 Å². The molecule has 2 aromatic heterocycles. The standard InChI is InChI=1S/C22H21N5O3S.C2H6/c1-30-15-5-4-14-12-27(21(29)16(14)10-15)22-25-18(13-31-22)20(28)24-17-11-23-7-6-19(17)26-8-2-3-9-26;1-2/h4-7,10-11,13H,2-3,8-9,12H2,1H3,(H,24,28);1-2H3. The first-order valence-electron chi connectivity index (χ1n) is 11.1. The summed E-state index contributed by atoms with van der Waals surface area (Å²) < 4.78 is 5.22. The van der Waals surface area contributed by atoms with Crippen molar-refractivity contribution in [3.63, 3.8) is 0 Å². The summed E-state index contributed by atoms with van der Waals surface area (Å²) in [7, 11) is 1.57. The molecule has 33 heavy (non-hydrogen) atoms. The molecular weight excluding hydrogens is 438 g/mol. The lowest BCUT2D eigenvalue weighted by Gasteiger charge is -2.20. The van der Waals surface area contributed by atoms with Gasteiger partial charge in [0.25, 0.3) is 11.8 Å². The van der Waals surface area contributed by atoms with Crippen LogP contribution in [0.4, 0.5) is 16.5 Å². The van der Waals surface area contributed by atoms with Crippen molar-refractivity contribution in [2.45, 2.75) is 33.2 Å². The zero-order valence-electron chi connectivity index (χ0n) is 19.0. The second kappa shape index (κ2) is 9.99. The number of aromatic nitrogens is 2. The normalized spacial score (nSPS) is 14.6. The van der Waals surface area contributed by atoms with E-state index in [1.165, 1.54) is 11.3 Å². The van der Waals surface area contributed by atoms with Crippen LogP contribution < -0.4 is 19.9 Å². The van der Waals surface area contributed by atoms with Gasteiger partial charge in [-0.05, 0) is 36.6 Å². The summed E-state index contributed by atoms with van der Waals surface area (Å²) in [5.74, 6) is 0.180. The molecule has 0 atom stereocenters. The molecule has 2 aliphatic heterocycles. The summed E-state index contributed by atoms with van der Waals surface area (Å²) >= 11 is 1.28. The van der Waals surface area contributed by atoms with Crippen LogP contribution in [0.15, 0.2) is 42.0 Å². The van der Waals surface area contributed by atoms with Gasteiger partial charge in [-0.3, -0.25) is 19.5 Å². The van der Waals surface area contributed by atoms with E-state index in [2.05, 4.69) is 20.2 Å². The number of ether oxygens (including phenoxy) is 1. The first-order chi connectivity index (χ1) is 16.1. The maximum absolute atomic E-state index is 12.9. The molecule has 2 amide bonds. The molecule has 0 aliphatic carbocycles. The molecule has 9 heteroatoms. The van der Waals surface area contributed by atoms with Gasteiger partial charge in [0.1, 0.15) is 11.4 Å². The van der Waals surface area contributed by atoms with Crippen LogP contribution in [0.3, 0.4) is 0 Å². The number of amides is 2. The highest BCUT2D eigenvalue weighted by Crippen LogP contribution is 2.33. The number of fused-ring (bicyclic) bond motifs is 1. The Morgan fingerprint density at radius 3 is 2.73 bits per heavy atom. The van der Waals surface area contributed by atoms with Gasteiger partial charge in [0.05, 0.1) is 31.2 Å². The minimum absolute atomic E-state index is 0.140. The van der Waals surface area contributed by atoms with Crippen molar-refractivity contribution in [3.05, 3.63) is 58.9 Å². The Kier molecular flexibility index (Phi) is 6.88. The molecule has 1 aromatic carbocycles. The molecule has 8 nitrogen and oxygen atoms in total. The predicted molar refractivity (Wildman–Crippen MR) is 131 cm³/mol. The molecule has 2 aliphatic rings. The Labute approximate surface area is 197 Å². The molecule has 5 rings (SSSR count). The van der Waals surface area contributed by atoms with Gasteiger partial charge in [-0.25, -0.2) is 4.98 Å². The smallest absolute Gasteiger partial charge is 0.275 e. The molecule has 1 saturated heterocycles. The van der Waals surface area contributed by atoms with Crippen molar-refractivity contribution in [3.8, 4) is 5.75 Å². The van der Waals surface area contributed by atoms with Crippen LogP contribution in [-0.4, -0.2) is 42.0 Å². The zero-order valence-corrected chi connectivity index (χ0v) is 19.8. The van der Waals surface area contributed by atoms with Gasteiger partial charge in [-0.15, -0.1) is 11.3 Å². The summed E-state index contributed by atoms with van der Waals surface area (Å²) in [4.78, 5) is 38.1. The highest BCUT2D eigenvalue weighted by atomic mass is 32.1. The van der Waals surface area contributed by atoms with E-state index >= 15 is 0 Å². The Balaban J connectivity index is 0.00000126. The van der Waals surface area contributed by atoms with Crippen LogP contribution in [0.25, 0.3) is 0 Å². The number of hydrogen-bond acceptors (Lipinski definition) is 7. The monoisotopic (exact) mass is 465 g/mol. The van der Waals surface area contributed by atoms with E-state index in [4.69, 9.17) is 4.74 Å². The lowest BCUT2D eigenvalue weighted by atomic mass is 10.1. The van der Waals surface area contributed by atoms with E-state index in [1.807, 2.05) is 32.0 Å². The third-order valence-corrected chi connectivity index (χ3v) is 6.43. The maximum Gasteiger partial charge on any atom is 0.275 e. The summed E-state index contributed by atoms with van der Waals surface area (Å²) in [6.45, 7) is 6.36. The molecule has 0 radical (unpaired) electrons. The minimum atomic E-state index is -0.318. The van der Waals surface area contributed by atoms with Crippen LogP contribution >= 0.6 is 11.3 Å². The third-order valence-electron chi connectivity index (χ3n) is 5.57. The van der Waals surface area contributed by atoms with Crippen molar-refractivity contribution in [1.82, 2.24) is 9.97 Å². The van der Waals surface area contributed by atoms with E-state index in [-0.39, 0.29) is 17.5 Å². The van der Waals surface area contributed by atoms with Gasteiger partial charge in [0.2, 0.25) is 0 Å². The molecular formula is C24H27N5O3S. The number of nitrogens with zero attached hydrogens (tertiary/aromatic N) is 4. The molecule has 0 bridgehead atoms. The first kappa shape index (κ1) is 22.7. The van der Waals surface area contributed by atoms with Gasteiger partial charge in [-0.2, -0.15) is 0 Å². The van der Waals surface area contributed by atoms with Crippen molar-refractivity contribution >= 4 is 39.7 Å².